The van der Waals surface area contributed by atoms with Gasteiger partial charge in [0.05, 0.1) is 11.6 Å². The van der Waals surface area contributed by atoms with Crippen LogP contribution in [0.25, 0.3) is 11.0 Å². The summed E-state index contributed by atoms with van der Waals surface area (Å²) < 4.78 is 19.5. The zero-order valence-corrected chi connectivity index (χ0v) is 10.3. The van der Waals surface area contributed by atoms with Gasteiger partial charge in [-0.3, -0.25) is 0 Å². The normalized spacial score (nSPS) is 15.7. The monoisotopic (exact) mass is 253 g/mol. The summed E-state index contributed by atoms with van der Waals surface area (Å²) in [5.74, 6) is 0.916. The Kier molecular flexibility index (Phi) is 2.60. The predicted molar refractivity (Wildman–Crippen MR) is 65.9 cm³/mol. The molecule has 2 nitrogen and oxygen atoms in total. The van der Waals surface area contributed by atoms with Crippen LogP contribution in [0.3, 0.4) is 0 Å². The van der Waals surface area contributed by atoms with Crippen molar-refractivity contribution in [2.45, 2.75) is 25.3 Å². The number of halogens is 2. The summed E-state index contributed by atoms with van der Waals surface area (Å²) >= 11 is 5.77. The Morgan fingerprint density at radius 2 is 2.24 bits per heavy atom. The fourth-order valence-electron chi connectivity index (χ4n) is 2.28. The van der Waals surface area contributed by atoms with Crippen molar-refractivity contribution in [1.82, 2.24) is 5.32 Å². The van der Waals surface area contributed by atoms with Crippen molar-refractivity contribution in [3.05, 3.63) is 34.3 Å². The maximum Gasteiger partial charge on any atom is 0.184 e. The summed E-state index contributed by atoms with van der Waals surface area (Å²) in [5, 5.41) is 4.04. The summed E-state index contributed by atoms with van der Waals surface area (Å²) in [6, 6.07) is 3.46. The lowest BCUT2D eigenvalue weighted by atomic mass is 10.1. The van der Waals surface area contributed by atoms with E-state index in [0.717, 1.165) is 29.6 Å². The summed E-state index contributed by atoms with van der Waals surface area (Å²) in [4.78, 5) is 0. The summed E-state index contributed by atoms with van der Waals surface area (Å²) in [6.45, 7) is 0.623. The number of rotatable bonds is 3. The SMILES string of the molecule is CNCc1oc2c(F)c(Cl)ccc2c1C1CC1. The van der Waals surface area contributed by atoms with Crippen LogP contribution >= 0.6 is 11.6 Å². The minimum Gasteiger partial charge on any atom is -0.456 e. The van der Waals surface area contributed by atoms with Crippen molar-refractivity contribution in [3.63, 3.8) is 0 Å². The number of nitrogens with one attached hydrogen (secondary N) is 1. The van der Waals surface area contributed by atoms with Gasteiger partial charge in [-0.15, -0.1) is 0 Å². The minimum absolute atomic E-state index is 0.115. The smallest absolute Gasteiger partial charge is 0.184 e. The molecule has 1 aromatic carbocycles. The summed E-state index contributed by atoms with van der Waals surface area (Å²) in [7, 11) is 1.85. The van der Waals surface area contributed by atoms with E-state index in [-0.39, 0.29) is 5.02 Å². The second kappa shape index (κ2) is 4.00. The molecule has 1 aliphatic carbocycles. The van der Waals surface area contributed by atoms with Crippen molar-refractivity contribution in [3.8, 4) is 0 Å². The molecule has 17 heavy (non-hydrogen) atoms. The lowest BCUT2D eigenvalue weighted by molar-refractivity contribution is 0.502. The van der Waals surface area contributed by atoms with Crippen LogP contribution < -0.4 is 5.32 Å². The standard InChI is InChI=1S/C13H13ClFNO/c1-16-6-10-11(7-2-3-7)8-4-5-9(14)12(15)13(8)17-10/h4-5,7,16H,2-3,6H2,1H3. The highest BCUT2D eigenvalue weighted by atomic mass is 35.5. The molecule has 2 aromatic rings. The number of fused-ring (bicyclic) bond motifs is 1. The first-order valence-electron chi connectivity index (χ1n) is 5.76. The van der Waals surface area contributed by atoms with Crippen molar-refractivity contribution in [2.24, 2.45) is 0 Å². The molecule has 0 saturated heterocycles. The van der Waals surface area contributed by atoms with E-state index < -0.39 is 5.82 Å². The molecule has 1 saturated carbocycles. The van der Waals surface area contributed by atoms with E-state index in [9.17, 15) is 4.39 Å². The Hall–Kier alpha value is -1.06. The predicted octanol–water partition coefficient (Wildman–Crippen LogP) is 3.82. The highest BCUT2D eigenvalue weighted by molar-refractivity contribution is 6.31. The molecule has 0 aliphatic heterocycles. The van der Waals surface area contributed by atoms with Gasteiger partial charge < -0.3 is 9.73 Å². The number of hydrogen-bond acceptors (Lipinski definition) is 2. The second-order valence-electron chi connectivity index (χ2n) is 4.48. The van der Waals surface area contributed by atoms with Gasteiger partial charge in [-0.1, -0.05) is 11.6 Å². The van der Waals surface area contributed by atoms with Gasteiger partial charge in [-0.25, -0.2) is 4.39 Å². The maximum atomic E-state index is 13.9. The highest BCUT2D eigenvalue weighted by Crippen LogP contribution is 2.47. The summed E-state index contributed by atoms with van der Waals surface area (Å²) in [5.41, 5.74) is 1.45. The van der Waals surface area contributed by atoms with E-state index in [1.165, 1.54) is 0 Å². The molecule has 0 radical (unpaired) electrons. The van der Waals surface area contributed by atoms with E-state index in [1.54, 1.807) is 6.07 Å². The average Bonchev–Trinajstić information content (AvgIpc) is 3.07. The minimum atomic E-state index is -0.451. The van der Waals surface area contributed by atoms with Crippen molar-refractivity contribution in [1.29, 1.82) is 0 Å². The van der Waals surface area contributed by atoms with Crippen LogP contribution in [0.4, 0.5) is 4.39 Å². The molecule has 0 unspecified atom stereocenters. The third kappa shape index (κ3) is 1.74. The molecule has 0 amide bonds. The van der Waals surface area contributed by atoms with E-state index in [2.05, 4.69) is 5.32 Å². The van der Waals surface area contributed by atoms with Crippen LogP contribution in [0.15, 0.2) is 16.5 Å². The van der Waals surface area contributed by atoms with Crippen LogP contribution in [0, 0.1) is 5.82 Å². The highest BCUT2D eigenvalue weighted by Gasteiger charge is 2.31. The third-order valence-corrected chi connectivity index (χ3v) is 3.48. The first kappa shape index (κ1) is 11.1. The molecule has 4 heteroatoms. The average molecular weight is 254 g/mol. The van der Waals surface area contributed by atoms with E-state index in [0.29, 0.717) is 18.0 Å². The number of hydrogen-bond donors (Lipinski definition) is 1. The van der Waals surface area contributed by atoms with Crippen LogP contribution in [0.1, 0.15) is 30.1 Å². The topological polar surface area (TPSA) is 25.2 Å². The van der Waals surface area contributed by atoms with Crippen LogP contribution in [0.5, 0.6) is 0 Å². The molecule has 90 valence electrons. The Labute approximate surface area is 104 Å². The molecule has 1 aliphatic rings. The molecular formula is C13H13ClFNO. The molecule has 1 aromatic heterocycles. The van der Waals surface area contributed by atoms with Gasteiger partial charge >= 0.3 is 0 Å². The van der Waals surface area contributed by atoms with Crippen molar-refractivity contribution in [2.75, 3.05) is 7.05 Å². The Bertz CT molecular complexity index is 574. The first-order valence-corrected chi connectivity index (χ1v) is 6.14. The van der Waals surface area contributed by atoms with Crippen molar-refractivity contribution >= 4 is 22.6 Å². The van der Waals surface area contributed by atoms with Gasteiger partial charge in [0.2, 0.25) is 0 Å². The lowest BCUT2D eigenvalue weighted by Crippen LogP contribution is -2.05. The fraction of sp³-hybridized carbons (Fsp3) is 0.385. The number of furan rings is 1. The molecule has 3 rings (SSSR count). The number of benzene rings is 1. The molecule has 1 N–H and O–H groups in total. The quantitative estimate of drug-likeness (QED) is 0.900. The largest absolute Gasteiger partial charge is 0.456 e. The Balaban J connectivity index is 2.26. The molecule has 0 atom stereocenters. The van der Waals surface area contributed by atoms with E-state index >= 15 is 0 Å². The molecule has 1 fully saturated rings. The van der Waals surface area contributed by atoms with E-state index in [4.69, 9.17) is 16.0 Å². The van der Waals surface area contributed by atoms with Gasteiger partial charge in [0.25, 0.3) is 0 Å². The van der Waals surface area contributed by atoms with Gasteiger partial charge in [0.15, 0.2) is 11.4 Å². The molecule has 0 spiro atoms. The molecule has 0 bridgehead atoms. The zero-order valence-electron chi connectivity index (χ0n) is 9.52. The first-order chi connectivity index (χ1) is 8.22. The fourth-order valence-corrected chi connectivity index (χ4v) is 2.43. The maximum absolute atomic E-state index is 13.9. The van der Waals surface area contributed by atoms with Gasteiger partial charge in [0.1, 0.15) is 5.76 Å². The Morgan fingerprint density at radius 3 is 2.88 bits per heavy atom. The molecule has 1 heterocycles. The molecular weight excluding hydrogens is 241 g/mol. The van der Waals surface area contributed by atoms with Gasteiger partial charge in [0, 0.05) is 10.9 Å². The van der Waals surface area contributed by atoms with Crippen LogP contribution in [0.2, 0.25) is 5.02 Å². The van der Waals surface area contributed by atoms with Crippen molar-refractivity contribution < 1.29 is 8.81 Å². The van der Waals surface area contributed by atoms with Gasteiger partial charge in [-0.05, 0) is 37.9 Å². The second-order valence-corrected chi connectivity index (χ2v) is 4.89. The summed E-state index contributed by atoms with van der Waals surface area (Å²) in [6.07, 6.45) is 2.32. The lowest BCUT2D eigenvalue weighted by Gasteiger charge is -1.99. The van der Waals surface area contributed by atoms with Gasteiger partial charge in [-0.2, -0.15) is 0 Å². The van der Waals surface area contributed by atoms with E-state index in [1.807, 2.05) is 13.1 Å². The Morgan fingerprint density at radius 1 is 1.47 bits per heavy atom. The van der Waals surface area contributed by atoms with Crippen LogP contribution in [-0.4, -0.2) is 7.05 Å². The zero-order chi connectivity index (χ0) is 12.0. The van der Waals surface area contributed by atoms with Crippen LogP contribution in [-0.2, 0) is 6.54 Å². The third-order valence-electron chi connectivity index (χ3n) is 3.19.